The van der Waals surface area contributed by atoms with Crippen LogP contribution in [-0.4, -0.2) is 55.9 Å². The molecule has 1 aliphatic heterocycles. The molecule has 1 amide bonds. The first-order chi connectivity index (χ1) is 15.4. The minimum atomic E-state index is 0. The number of carbonyl (C=O) groups excluding carboxylic acids is 1. The third-order valence-corrected chi connectivity index (χ3v) is 6.02. The number of nitrogens with one attached hydrogen (secondary N) is 2. The van der Waals surface area contributed by atoms with Crippen molar-refractivity contribution in [3.05, 3.63) is 70.8 Å². The molecular weight excluding hydrogens is 525 g/mol. The molecule has 1 heterocycles. The van der Waals surface area contributed by atoms with Gasteiger partial charge in [0.05, 0.1) is 0 Å². The number of guanidine groups is 1. The van der Waals surface area contributed by atoms with E-state index >= 15 is 0 Å². The van der Waals surface area contributed by atoms with Crippen LogP contribution in [0.15, 0.2) is 53.5 Å². The Morgan fingerprint density at radius 2 is 1.61 bits per heavy atom. The number of benzene rings is 2. The molecule has 2 aromatic carbocycles. The second kappa shape index (κ2) is 13.5. The van der Waals surface area contributed by atoms with Crippen molar-refractivity contribution >= 4 is 35.8 Å². The monoisotopic (exact) mass is 563 g/mol. The van der Waals surface area contributed by atoms with Crippen molar-refractivity contribution < 1.29 is 4.79 Å². The maximum Gasteiger partial charge on any atom is 0.253 e. The van der Waals surface area contributed by atoms with E-state index in [-0.39, 0.29) is 29.9 Å². The summed E-state index contributed by atoms with van der Waals surface area (Å²) in [7, 11) is 5.30. The third kappa shape index (κ3) is 8.62. The fraction of sp³-hybridized carbons (Fsp3) is 0.462. The number of piperidine rings is 1. The summed E-state index contributed by atoms with van der Waals surface area (Å²) in [6.07, 6.45) is 2.61. The number of likely N-dealkylation sites (tertiary alicyclic amines) is 1. The van der Waals surface area contributed by atoms with Gasteiger partial charge >= 0.3 is 0 Å². The average molecular weight is 564 g/mol. The molecule has 1 fully saturated rings. The number of hydrogen-bond acceptors (Lipinski definition) is 3. The van der Waals surface area contributed by atoms with Gasteiger partial charge in [0.2, 0.25) is 0 Å². The second-order valence-electron chi connectivity index (χ2n) is 8.95. The van der Waals surface area contributed by atoms with Crippen LogP contribution in [0.3, 0.4) is 0 Å². The third-order valence-electron chi connectivity index (χ3n) is 6.02. The molecule has 0 bridgehead atoms. The number of hydrogen-bond donors (Lipinski definition) is 2. The number of carbonyl (C=O) groups is 1. The Kier molecular flexibility index (Phi) is 11.1. The number of rotatable bonds is 7. The zero-order valence-electron chi connectivity index (χ0n) is 20.3. The Bertz CT molecular complexity index is 905. The lowest BCUT2D eigenvalue weighted by molar-refractivity contribution is 0.0827. The number of nitrogens with zero attached hydrogens (tertiary/aromatic N) is 3. The lowest BCUT2D eigenvalue weighted by Crippen LogP contribution is -2.36. The average Bonchev–Trinajstić information content (AvgIpc) is 2.81. The van der Waals surface area contributed by atoms with Crippen molar-refractivity contribution in [1.29, 1.82) is 0 Å². The molecule has 0 radical (unpaired) electrons. The first kappa shape index (κ1) is 27.1. The minimum absolute atomic E-state index is 0. The van der Waals surface area contributed by atoms with Crippen LogP contribution in [-0.2, 0) is 19.6 Å². The summed E-state index contributed by atoms with van der Waals surface area (Å²) in [4.78, 5) is 20.5. The van der Waals surface area contributed by atoms with Gasteiger partial charge in [0.15, 0.2) is 5.96 Å². The Morgan fingerprint density at radius 3 is 2.21 bits per heavy atom. The topological polar surface area (TPSA) is 60.0 Å². The zero-order chi connectivity index (χ0) is 22.9. The van der Waals surface area contributed by atoms with Crippen molar-refractivity contribution in [3.8, 4) is 0 Å². The SMILES string of the molecule is CN=C(NCc1ccc(C(=O)N(C)C)cc1)NCc1cccc(CN2CCC(C)CC2)c1.I. The van der Waals surface area contributed by atoms with Crippen LogP contribution in [0, 0.1) is 5.92 Å². The molecule has 1 aliphatic rings. The Morgan fingerprint density at radius 1 is 1.00 bits per heavy atom. The van der Waals surface area contributed by atoms with Crippen molar-refractivity contribution in [1.82, 2.24) is 20.4 Å². The molecule has 0 saturated carbocycles. The summed E-state index contributed by atoms with van der Waals surface area (Å²) < 4.78 is 0. The van der Waals surface area contributed by atoms with Crippen LogP contribution >= 0.6 is 24.0 Å². The highest BCUT2D eigenvalue weighted by molar-refractivity contribution is 14.0. The first-order valence-corrected chi connectivity index (χ1v) is 11.5. The van der Waals surface area contributed by atoms with Crippen LogP contribution in [0.4, 0.5) is 0 Å². The van der Waals surface area contributed by atoms with Gasteiger partial charge in [-0.15, -0.1) is 24.0 Å². The fourth-order valence-corrected chi connectivity index (χ4v) is 3.93. The molecule has 1 saturated heterocycles. The second-order valence-corrected chi connectivity index (χ2v) is 8.95. The fourth-order valence-electron chi connectivity index (χ4n) is 3.93. The van der Waals surface area contributed by atoms with Crippen LogP contribution < -0.4 is 10.6 Å². The van der Waals surface area contributed by atoms with Crippen LogP contribution in [0.25, 0.3) is 0 Å². The highest BCUT2D eigenvalue weighted by Gasteiger charge is 2.15. The van der Waals surface area contributed by atoms with Crippen molar-refractivity contribution in [2.45, 2.75) is 39.4 Å². The van der Waals surface area contributed by atoms with E-state index in [1.165, 1.54) is 37.1 Å². The van der Waals surface area contributed by atoms with Gasteiger partial charge in [-0.3, -0.25) is 14.7 Å². The predicted octanol–water partition coefficient (Wildman–Crippen LogP) is 4.10. The van der Waals surface area contributed by atoms with Gasteiger partial charge in [0.1, 0.15) is 0 Å². The van der Waals surface area contributed by atoms with Crippen molar-refractivity contribution in [3.63, 3.8) is 0 Å². The Hall–Kier alpha value is -2.13. The van der Waals surface area contributed by atoms with E-state index in [0.29, 0.717) is 12.1 Å². The molecular formula is C26H38IN5O. The number of halogens is 1. The Balaban J connectivity index is 0.00000385. The molecule has 2 N–H and O–H groups in total. The lowest BCUT2D eigenvalue weighted by Gasteiger charge is -2.30. The van der Waals surface area contributed by atoms with Gasteiger partial charge < -0.3 is 15.5 Å². The van der Waals surface area contributed by atoms with Gasteiger partial charge in [-0.1, -0.05) is 43.3 Å². The molecule has 0 atom stereocenters. The van der Waals surface area contributed by atoms with Gasteiger partial charge in [-0.2, -0.15) is 0 Å². The summed E-state index contributed by atoms with van der Waals surface area (Å²) >= 11 is 0. The van der Waals surface area contributed by atoms with Crippen molar-refractivity contribution in [2.75, 3.05) is 34.2 Å². The predicted molar refractivity (Wildman–Crippen MR) is 147 cm³/mol. The van der Waals surface area contributed by atoms with E-state index in [4.69, 9.17) is 0 Å². The van der Waals surface area contributed by atoms with E-state index in [1.54, 1.807) is 26.0 Å². The first-order valence-electron chi connectivity index (χ1n) is 11.5. The van der Waals surface area contributed by atoms with Gasteiger partial charge in [-0.25, -0.2) is 0 Å². The molecule has 6 nitrogen and oxygen atoms in total. The highest BCUT2D eigenvalue weighted by atomic mass is 127. The van der Waals surface area contributed by atoms with E-state index in [9.17, 15) is 4.79 Å². The lowest BCUT2D eigenvalue weighted by atomic mass is 9.98. The quantitative estimate of drug-likeness (QED) is 0.303. The van der Waals surface area contributed by atoms with Gasteiger partial charge in [-0.05, 0) is 60.7 Å². The largest absolute Gasteiger partial charge is 0.352 e. The maximum absolute atomic E-state index is 12.0. The summed E-state index contributed by atoms with van der Waals surface area (Å²) in [6.45, 7) is 7.14. The number of aliphatic imine (C=N–C) groups is 1. The molecule has 0 spiro atoms. The molecule has 180 valence electrons. The molecule has 0 unspecified atom stereocenters. The highest BCUT2D eigenvalue weighted by Crippen LogP contribution is 2.18. The van der Waals surface area contributed by atoms with E-state index in [1.807, 2.05) is 24.3 Å². The maximum atomic E-state index is 12.0. The van der Waals surface area contributed by atoms with Crippen LogP contribution in [0.1, 0.15) is 46.8 Å². The number of amides is 1. The Labute approximate surface area is 215 Å². The summed E-state index contributed by atoms with van der Waals surface area (Å²) in [5.41, 5.74) is 4.41. The molecule has 7 heteroatoms. The summed E-state index contributed by atoms with van der Waals surface area (Å²) in [5, 5.41) is 6.75. The zero-order valence-corrected chi connectivity index (χ0v) is 22.6. The molecule has 0 aliphatic carbocycles. The molecule has 0 aromatic heterocycles. The standard InChI is InChI=1S/C26H37N5O.HI/c1-20-12-14-31(15-13-20)19-23-7-5-6-22(16-23)18-29-26(27-2)28-17-21-8-10-24(11-9-21)25(32)30(3)4;/h5-11,16,20H,12-15,17-19H2,1-4H3,(H2,27,28,29);1H. The van der Waals surface area contributed by atoms with Crippen LogP contribution in [0.5, 0.6) is 0 Å². The minimum Gasteiger partial charge on any atom is -0.352 e. The smallest absolute Gasteiger partial charge is 0.253 e. The molecule has 3 rings (SSSR count). The van der Waals surface area contributed by atoms with E-state index in [0.717, 1.165) is 30.5 Å². The molecule has 33 heavy (non-hydrogen) atoms. The van der Waals surface area contributed by atoms with Gasteiger partial charge in [0.25, 0.3) is 5.91 Å². The van der Waals surface area contributed by atoms with Gasteiger partial charge in [0, 0.05) is 46.3 Å². The van der Waals surface area contributed by atoms with Crippen LogP contribution in [0.2, 0.25) is 0 Å². The molecule has 2 aromatic rings. The van der Waals surface area contributed by atoms with E-state index < -0.39 is 0 Å². The normalized spacial score (nSPS) is 15.0. The van der Waals surface area contributed by atoms with Crippen molar-refractivity contribution in [2.24, 2.45) is 10.9 Å². The van der Waals surface area contributed by atoms with E-state index in [2.05, 4.69) is 51.7 Å². The summed E-state index contributed by atoms with van der Waals surface area (Å²) in [6, 6.07) is 16.5. The summed E-state index contributed by atoms with van der Waals surface area (Å²) in [5.74, 6) is 1.63.